The molecule has 0 radical (unpaired) electrons. The molecule has 0 heterocycles. The molecule has 0 aromatic carbocycles. The Labute approximate surface area is 56.7 Å². The molecule has 0 amide bonds. The number of rotatable bonds is 3. The Balaban J connectivity index is 2.04. The summed E-state index contributed by atoms with van der Waals surface area (Å²) in [5.74, 6) is 0.822. The van der Waals surface area contributed by atoms with Gasteiger partial charge in [0.05, 0.1) is 12.9 Å². The third kappa shape index (κ3) is 2.08. The molecule has 0 aromatic heterocycles. The highest BCUT2D eigenvalue weighted by atomic mass is 16.5. The first-order valence-electron chi connectivity index (χ1n) is 3.66. The van der Waals surface area contributed by atoms with Gasteiger partial charge in [-0.1, -0.05) is 19.4 Å². The van der Waals surface area contributed by atoms with Gasteiger partial charge in [-0.05, 0) is 18.8 Å². The lowest BCUT2D eigenvalue weighted by atomic mass is 10.1. The van der Waals surface area contributed by atoms with Crippen molar-refractivity contribution in [1.82, 2.24) is 0 Å². The van der Waals surface area contributed by atoms with Crippen LogP contribution in [0.5, 0.6) is 0 Å². The minimum Gasteiger partial charge on any atom is -0.502 e. The topological polar surface area (TPSA) is 9.23 Å². The van der Waals surface area contributed by atoms with Crippen molar-refractivity contribution in [2.24, 2.45) is 5.92 Å². The summed E-state index contributed by atoms with van der Waals surface area (Å²) in [4.78, 5) is 0. The largest absolute Gasteiger partial charge is 0.502 e. The van der Waals surface area contributed by atoms with E-state index in [4.69, 9.17) is 4.74 Å². The second-order valence-corrected chi connectivity index (χ2v) is 2.65. The molecule has 9 heavy (non-hydrogen) atoms. The molecule has 0 aliphatic heterocycles. The monoisotopic (exact) mass is 126 g/mol. The molecule has 0 unspecified atom stereocenters. The molecule has 1 nitrogen and oxygen atoms in total. The maximum absolute atomic E-state index is 5.08. The molecule has 0 saturated heterocycles. The van der Waals surface area contributed by atoms with Crippen LogP contribution in [-0.2, 0) is 4.74 Å². The van der Waals surface area contributed by atoms with Crippen molar-refractivity contribution >= 4 is 0 Å². The summed E-state index contributed by atoms with van der Waals surface area (Å²) >= 11 is 0. The normalized spacial score (nSPS) is 20.0. The van der Waals surface area contributed by atoms with E-state index in [1.165, 1.54) is 25.7 Å². The van der Waals surface area contributed by atoms with Gasteiger partial charge in [-0.3, -0.25) is 0 Å². The summed E-state index contributed by atoms with van der Waals surface area (Å²) in [5, 5.41) is 0. The average molecular weight is 126 g/mol. The summed E-state index contributed by atoms with van der Waals surface area (Å²) in [6.07, 6.45) is 7.04. The molecule has 0 atom stereocenters. The number of hydrogen-bond donors (Lipinski definition) is 0. The zero-order valence-electron chi connectivity index (χ0n) is 5.81. The first-order valence-corrected chi connectivity index (χ1v) is 3.66. The molecule has 1 fully saturated rings. The van der Waals surface area contributed by atoms with Crippen molar-refractivity contribution in [2.45, 2.75) is 25.7 Å². The standard InChI is InChI=1S/C8H14O/c1-2-9-7-8-5-3-4-6-8/h2,8H,1,3-7H2. The van der Waals surface area contributed by atoms with Crippen molar-refractivity contribution in [3.63, 3.8) is 0 Å². The van der Waals surface area contributed by atoms with Crippen LogP contribution in [0.15, 0.2) is 12.8 Å². The minimum absolute atomic E-state index is 0.822. The van der Waals surface area contributed by atoms with E-state index in [2.05, 4.69) is 6.58 Å². The molecule has 52 valence electrons. The Kier molecular flexibility index (Phi) is 2.62. The number of ether oxygens (including phenoxy) is 1. The predicted octanol–water partition coefficient (Wildman–Crippen LogP) is 2.34. The van der Waals surface area contributed by atoms with Crippen molar-refractivity contribution in [1.29, 1.82) is 0 Å². The molecule has 1 aliphatic carbocycles. The van der Waals surface area contributed by atoms with Gasteiger partial charge in [0.2, 0.25) is 0 Å². The van der Waals surface area contributed by atoms with Crippen molar-refractivity contribution in [3.8, 4) is 0 Å². The van der Waals surface area contributed by atoms with Crippen LogP contribution in [0.4, 0.5) is 0 Å². The maximum atomic E-state index is 5.08. The van der Waals surface area contributed by atoms with Gasteiger partial charge in [-0.25, -0.2) is 0 Å². The first kappa shape index (κ1) is 6.66. The van der Waals surface area contributed by atoms with Gasteiger partial charge in [0, 0.05) is 0 Å². The molecule has 0 bridgehead atoms. The lowest BCUT2D eigenvalue weighted by Crippen LogP contribution is -2.00. The Hall–Kier alpha value is -0.460. The zero-order chi connectivity index (χ0) is 6.53. The van der Waals surface area contributed by atoms with E-state index < -0.39 is 0 Å². The Morgan fingerprint density at radius 2 is 2.11 bits per heavy atom. The summed E-state index contributed by atoms with van der Waals surface area (Å²) in [5.41, 5.74) is 0. The van der Waals surface area contributed by atoms with Crippen molar-refractivity contribution < 1.29 is 4.74 Å². The Morgan fingerprint density at radius 1 is 1.44 bits per heavy atom. The fraction of sp³-hybridized carbons (Fsp3) is 0.750. The first-order chi connectivity index (χ1) is 4.43. The van der Waals surface area contributed by atoms with E-state index in [1.807, 2.05) is 0 Å². The van der Waals surface area contributed by atoms with E-state index in [0.717, 1.165) is 12.5 Å². The van der Waals surface area contributed by atoms with Gasteiger partial charge in [0.15, 0.2) is 0 Å². The van der Waals surface area contributed by atoms with Crippen LogP contribution in [0.3, 0.4) is 0 Å². The Bertz CT molecular complexity index is 82.6. The van der Waals surface area contributed by atoms with E-state index in [1.54, 1.807) is 6.26 Å². The van der Waals surface area contributed by atoms with Crippen molar-refractivity contribution in [2.75, 3.05) is 6.61 Å². The predicted molar refractivity (Wildman–Crippen MR) is 38.1 cm³/mol. The lowest BCUT2D eigenvalue weighted by Gasteiger charge is -2.06. The van der Waals surface area contributed by atoms with Gasteiger partial charge in [0.1, 0.15) is 0 Å². The van der Waals surface area contributed by atoms with Crippen LogP contribution in [0.25, 0.3) is 0 Å². The Morgan fingerprint density at radius 3 is 2.67 bits per heavy atom. The van der Waals surface area contributed by atoms with Crippen molar-refractivity contribution in [3.05, 3.63) is 12.8 Å². The SMILES string of the molecule is C=COCC1CCCC1. The molecule has 1 aliphatic rings. The molecule has 0 spiro atoms. The van der Waals surface area contributed by atoms with Crippen LogP contribution in [0.2, 0.25) is 0 Å². The minimum atomic E-state index is 0.822. The second-order valence-electron chi connectivity index (χ2n) is 2.65. The smallest absolute Gasteiger partial charge is 0.0901 e. The number of hydrogen-bond acceptors (Lipinski definition) is 1. The maximum Gasteiger partial charge on any atom is 0.0901 e. The fourth-order valence-electron chi connectivity index (χ4n) is 1.38. The molecule has 1 heteroatoms. The fourth-order valence-corrected chi connectivity index (χ4v) is 1.38. The summed E-state index contributed by atoms with van der Waals surface area (Å²) in [6, 6.07) is 0. The third-order valence-corrected chi connectivity index (χ3v) is 1.92. The second kappa shape index (κ2) is 3.54. The molecule has 0 N–H and O–H groups in total. The zero-order valence-corrected chi connectivity index (χ0v) is 5.81. The summed E-state index contributed by atoms with van der Waals surface area (Å²) < 4.78 is 5.08. The van der Waals surface area contributed by atoms with E-state index in [9.17, 15) is 0 Å². The van der Waals surface area contributed by atoms with Gasteiger partial charge < -0.3 is 4.74 Å². The highest BCUT2D eigenvalue weighted by Gasteiger charge is 2.14. The average Bonchev–Trinajstić information content (AvgIpc) is 2.34. The van der Waals surface area contributed by atoms with Crippen LogP contribution in [0.1, 0.15) is 25.7 Å². The van der Waals surface area contributed by atoms with Crippen LogP contribution < -0.4 is 0 Å². The van der Waals surface area contributed by atoms with Crippen LogP contribution in [-0.4, -0.2) is 6.61 Å². The van der Waals surface area contributed by atoms with Crippen LogP contribution in [0, 0.1) is 5.92 Å². The quantitative estimate of drug-likeness (QED) is 0.527. The molecular weight excluding hydrogens is 112 g/mol. The van der Waals surface area contributed by atoms with Crippen LogP contribution >= 0.6 is 0 Å². The van der Waals surface area contributed by atoms with E-state index in [0.29, 0.717) is 0 Å². The summed E-state index contributed by atoms with van der Waals surface area (Å²) in [7, 11) is 0. The molecular formula is C8H14O. The van der Waals surface area contributed by atoms with Gasteiger partial charge in [-0.2, -0.15) is 0 Å². The molecule has 1 saturated carbocycles. The van der Waals surface area contributed by atoms with Gasteiger partial charge in [0.25, 0.3) is 0 Å². The highest BCUT2D eigenvalue weighted by Crippen LogP contribution is 2.24. The van der Waals surface area contributed by atoms with E-state index in [-0.39, 0.29) is 0 Å². The lowest BCUT2D eigenvalue weighted by molar-refractivity contribution is 0.198. The molecule has 0 aromatic rings. The third-order valence-electron chi connectivity index (χ3n) is 1.92. The molecule has 1 rings (SSSR count). The summed E-state index contributed by atoms with van der Waals surface area (Å²) in [6.45, 7) is 4.39. The van der Waals surface area contributed by atoms with Gasteiger partial charge >= 0.3 is 0 Å². The van der Waals surface area contributed by atoms with Gasteiger partial charge in [-0.15, -0.1) is 0 Å². The van der Waals surface area contributed by atoms with E-state index >= 15 is 0 Å². The highest BCUT2D eigenvalue weighted by molar-refractivity contribution is 4.67.